The number of rotatable bonds is 10. The molecule has 3 heterocycles. The molecule has 33 heavy (non-hydrogen) atoms. The van der Waals surface area contributed by atoms with E-state index in [0.717, 1.165) is 61.0 Å². The summed E-state index contributed by atoms with van der Waals surface area (Å²) in [6, 6.07) is 13.4. The van der Waals surface area contributed by atoms with Crippen molar-refractivity contribution in [1.29, 1.82) is 0 Å². The van der Waals surface area contributed by atoms with Gasteiger partial charge in [-0.2, -0.15) is 4.98 Å². The van der Waals surface area contributed by atoms with Gasteiger partial charge in [0.25, 0.3) is 0 Å². The van der Waals surface area contributed by atoms with Crippen molar-refractivity contribution in [2.75, 3.05) is 20.7 Å². The van der Waals surface area contributed by atoms with E-state index < -0.39 is 0 Å². The fourth-order valence-electron chi connectivity index (χ4n) is 3.39. The molecule has 0 fully saturated rings. The number of benzene rings is 1. The van der Waals surface area contributed by atoms with E-state index in [2.05, 4.69) is 36.0 Å². The van der Waals surface area contributed by atoms with Crippen molar-refractivity contribution in [2.45, 2.75) is 32.2 Å². The number of aryl methyl sites for hydroxylation is 1. The number of aromatic nitrogens is 5. The SMILES string of the molecule is CN=C(NCCCCCc1nc(-c2ccc(OC)cc2)no1)NCc1nnc2ccccn12. The molecule has 172 valence electrons. The first kappa shape index (κ1) is 22.3. The number of methoxy groups -OCH3 is 1. The Labute approximate surface area is 192 Å². The Kier molecular flexibility index (Phi) is 7.47. The average Bonchev–Trinajstić information content (AvgIpc) is 3.50. The number of ether oxygens (including phenoxy) is 1. The summed E-state index contributed by atoms with van der Waals surface area (Å²) in [5.74, 6) is 3.64. The Morgan fingerprint density at radius 3 is 2.76 bits per heavy atom. The third-order valence-corrected chi connectivity index (χ3v) is 5.20. The molecule has 0 saturated carbocycles. The Morgan fingerprint density at radius 1 is 1.06 bits per heavy atom. The molecule has 4 aromatic rings. The van der Waals surface area contributed by atoms with Crippen molar-refractivity contribution < 1.29 is 9.26 Å². The van der Waals surface area contributed by atoms with Crippen LogP contribution in [0.1, 0.15) is 31.0 Å². The van der Waals surface area contributed by atoms with Crippen LogP contribution in [0, 0.1) is 0 Å². The van der Waals surface area contributed by atoms with Gasteiger partial charge in [0.1, 0.15) is 5.75 Å². The van der Waals surface area contributed by atoms with Crippen molar-refractivity contribution >= 4 is 11.6 Å². The van der Waals surface area contributed by atoms with Gasteiger partial charge in [-0.3, -0.25) is 9.39 Å². The Hall–Kier alpha value is -3.95. The molecule has 0 amide bonds. The summed E-state index contributed by atoms with van der Waals surface area (Å²) in [4.78, 5) is 8.76. The molecule has 0 unspecified atom stereocenters. The van der Waals surface area contributed by atoms with Crippen molar-refractivity contribution in [1.82, 2.24) is 35.4 Å². The van der Waals surface area contributed by atoms with Crippen LogP contribution in [0.5, 0.6) is 5.75 Å². The van der Waals surface area contributed by atoms with Crippen molar-refractivity contribution in [3.05, 3.63) is 60.4 Å². The molecule has 4 rings (SSSR count). The zero-order valence-electron chi connectivity index (χ0n) is 18.9. The highest BCUT2D eigenvalue weighted by atomic mass is 16.5. The Morgan fingerprint density at radius 2 is 1.94 bits per heavy atom. The van der Waals surface area contributed by atoms with E-state index in [1.807, 2.05) is 53.1 Å². The number of nitrogens with one attached hydrogen (secondary N) is 2. The second kappa shape index (κ2) is 11.1. The molecule has 3 aromatic heterocycles. The molecule has 10 heteroatoms. The molecule has 0 atom stereocenters. The molecule has 2 N–H and O–H groups in total. The Balaban J connectivity index is 1.14. The zero-order valence-corrected chi connectivity index (χ0v) is 18.9. The lowest BCUT2D eigenvalue weighted by Gasteiger charge is -2.11. The quantitative estimate of drug-likeness (QED) is 0.216. The molecule has 0 aliphatic heterocycles. The molecular weight excluding hydrogens is 420 g/mol. The largest absolute Gasteiger partial charge is 0.497 e. The van der Waals surface area contributed by atoms with E-state index in [9.17, 15) is 0 Å². The molecule has 0 aliphatic rings. The highest BCUT2D eigenvalue weighted by molar-refractivity contribution is 5.79. The fourth-order valence-corrected chi connectivity index (χ4v) is 3.39. The summed E-state index contributed by atoms with van der Waals surface area (Å²) >= 11 is 0. The normalized spacial score (nSPS) is 11.6. The lowest BCUT2D eigenvalue weighted by atomic mass is 10.2. The van der Waals surface area contributed by atoms with Gasteiger partial charge in [-0.25, -0.2) is 0 Å². The maximum absolute atomic E-state index is 5.39. The molecule has 0 saturated heterocycles. The van der Waals surface area contributed by atoms with Crippen molar-refractivity contribution in [3.63, 3.8) is 0 Å². The minimum atomic E-state index is 0.540. The summed E-state index contributed by atoms with van der Waals surface area (Å²) in [6.45, 7) is 1.36. The van der Waals surface area contributed by atoms with Crippen molar-refractivity contribution in [2.24, 2.45) is 4.99 Å². The third kappa shape index (κ3) is 5.85. The van der Waals surface area contributed by atoms with Gasteiger partial charge in [-0.1, -0.05) is 17.6 Å². The summed E-state index contributed by atoms with van der Waals surface area (Å²) in [5.41, 5.74) is 1.74. The van der Waals surface area contributed by atoms with Gasteiger partial charge in [0.15, 0.2) is 17.4 Å². The predicted molar refractivity (Wildman–Crippen MR) is 125 cm³/mol. The van der Waals surface area contributed by atoms with Crippen LogP contribution in [0.3, 0.4) is 0 Å². The van der Waals surface area contributed by atoms with Crippen LogP contribution in [0.4, 0.5) is 0 Å². The lowest BCUT2D eigenvalue weighted by molar-refractivity contribution is 0.374. The number of nitrogens with zero attached hydrogens (tertiary/aromatic N) is 6. The van der Waals surface area contributed by atoms with Gasteiger partial charge >= 0.3 is 0 Å². The van der Waals surface area contributed by atoms with Gasteiger partial charge in [0.05, 0.1) is 13.7 Å². The van der Waals surface area contributed by atoms with E-state index >= 15 is 0 Å². The number of fused-ring (bicyclic) bond motifs is 1. The van der Waals surface area contributed by atoms with E-state index in [0.29, 0.717) is 18.3 Å². The van der Waals surface area contributed by atoms with Crippen LogP contribution in [0.25, 0.3) is 17.0 Å². The maximum Gasteiger partial charge on any atom is 0.226 e. The van der Waals surface area contributed by atoms with Crippen LogP contribution in [-0.4, -0.2) is 51.4 Å². The zero-order chi connectivity index (χ0) is 22.9. The molecule has 1 aromatic carbocycles. The minimum Gasteiger partial charge on any atom is -0.497 e. The smallest absolute Gasteiger partial charge is 0.226 e. The molecular formula is C23H28N8O2. The van der Waals surface area contributed by atoms with Crippen LogP contribution in [-0.2, 0) is 13.0 Å². The second-order valence-corrected chi connectivity index (χ2v) is 7.45. The van der Waals surface area contributed by atoms with Gasteiger partial charge in [0.2, 0.25) is 11.7 Å². The lowest BCUT2D eigenvalue weighted by Crippen LogP contribution is -2.37. The number of pyridine rings is 1. The standard InChI is InChI=1S/C23H28N8O2/c1-24-23(26-16-20-29-28-19-8-5-7-15-31(19)20)25-14-6-3-4-9-21-27-22(30-33-21)17-10-12-18(32-2)13-11-17/h5,7-8,10-13,15H,3-4,6,9,14,16H2,1-2H3,(H2,24,25,26). The van der Waals surface area contributed by atoms with Gasteiger partial charge < -0.3 is 19.9 Å². The van der Waals surface area contributed by atoms with Gasteiger partial charge in [-0.15, -0.1) is 10.2 Å². The van der Waals surface area contributed by atoms with E-state index in [4.69, 9.17) is 9.26 Å². The Bertz CT molecular complexity index is 1180. The highest BCUT2D eigenvalue weighted by Crippen LogP contribution is 2.20. The molecule has 0 aliphatic carbocycles. The molecule has 10 nitrogen and oxygen atoms in total. The van der Waals surface area contributed by atoms with E-state index in [1.165, 1.54) is 0 Å². The maximum atomic E-state index is 5.39. The topological polar surface area (TPSA) is 115 Å². The van der Waals surface area contributed by atoms with Crippen molar-refractivity contribution in [3.8, 4) is 17.1 Å². The molecule has 0 radical (unpaired) electrons. The number of guanidine groups is 1. The summed E-state index contributed by atoms with van der Waals surface area (Å²) < 4.78 is 12.5. The number of hydrogen-bond acceptors (Lipinski definition) is 7. The van der Waals surface area contributed by atoms with Gasteiger partial charge in [-0.05, 0) is 49.2 Å². The van der Waals surface area contributed by atoms with Crippen LogP contribution >= 0.6 is 0 Å². The summed E-state index contributed by atoms with van der Waals surface area (Å²) in [7, 11) is 3.40. The van der Waals surface area contributed by atoms with E-state index in [-0.39, 0.29) is 0 Å². The first-order valence-corrected chi connectivity index (χ1v) is 11.0. The first-order valence-electron chi connectivity index (χ1n) is 11.0. The molecule has 0 spiro atoms. The minimum absolute atomic E-state index is 0.540. The van der Waals surface area contributed by atoms with Crippen LogP contribution < -0.4 is 15.4 Å². The van der Waals surface area contributed by atoms with E-state index in [1.54, 1.807) is 14.2 Å². The monoisotopic (exact) mass is 448 g/mol. The fraction of sp³-hybridized carbons (Fsp3) is 0.348. The average molecular weight is 449 g/mol. The highest BCUT2D eigenvalue weighted by Gasteiger charge is 2.09. The number of hydrogen-bond donors (Lipinski definition) is 2. The van der Waals surface area contributed by atoms with Crippen LogP contribution in [0.2, 0.25) is 0 Å². The third-order valence-electron chi connectivity index (χ3n) is 5.20. The number of unbranched alkanes of at least 4 members (excludes halogenated alkanes) is 2. The second-order valence-electron chi connectivity index (χ2n) is 7.45. The number of aliphatic imine (C=N–C) groups is 1. The van der Waals surface area contributed by atoms with Crippen LogP contribution in [0.15, 0.2) is 58.2 Å². The summed E-state index contributed by atoms with van der Waals surface area (Å²) in [6.07, 6.45) is 5.73. The predicted octanol–water partition coefficient (Wildman–Crippen LogP) is 2.87. The van der Waals surface area contributed by atoms with Gasteiger partial charge in [0, 0.05) is 31.8 Å². The summed E-state index contributed by atoms with van der Waals surface area (Å²) in [5, 5.41) is 19.1. The first-order chi connectivity index (χ1) is 16.3. The molecule has 0 bridgehead atoms.